The molecular weight excluding hydrogens is 422 g/mol. The number of hydrogen-bond donors (Lipinski definition) is 2. The summed E-state index contributed by atoms with van der Waals surface area (Å²) >= 11 is 0. The normalized spacial score (nSPS) is 13.6. The maximum atomic E-state index is 13.4. The second kappa shape index (κ2) is 11.9. The number of carbonyl (C=O) groups is 3. The number of carbonyl (C=O) groups excluding carboxylic acids is 3. The van der Waals surface area contributed by atoms with Gasteiger partial charge in [-0.3, -0.25) is 14.4 Å². The van der Waals surface area contributed by atoms with Crippen LogP contribution in [0.25, 0.3) is 0 Å². The van der Waals surface area contributed by atoms with Gasteiger partial charge in [0.2, 0.25) is 11.8 Å². The second-order valence-corrected chi connectivity index (χ2v) is 7.98. The Balaban J connectivity index is 1.62. The summed E-state index contributed by atoms with van der Waals surface area (Å²) in [6.07, 6.45) is 4.88. The highest BCUT2D eigenvalue weighted by molar-refractivity contribution is 6.00. The number of methoxy groups -OCH3 is 2. The number of nitrogens with zero attached hydrogens (tertiary/aromatic N) is 1. The Morgan fingerprint density at radius 3 is 2.27 bits per heavy atom. The van der Waals surface area contributed by atoms with Gasteiger partial charge in [0.05, 0.1) is 26.3 Å². The molecule has 0 aromatic heterocycles. The van der Waals surface area contributed by atoms with Gasteiger partial charge in [-0.1, -0.05) is 31.4 Å². The van der Waals surface area contributed by atoms with E-state index in [1.165, 1.54) is 7.11 Å². The van der Waals surface area contributed by atoms with E-state index >= 15 is 0 Å². The van der Waals surface area contributed by atoms with Crippen LogP contribution in [0.2, 0.25) is 0 Å². The number of para-hydroxylation sites is 1. The number of nitrogens with one attached hydrogen (secondary N) is 2. The van der Waals surface area contributed by atoms with Gasteiger partial charge in [-0.15, -0.1) is 0 Å². The summed E-state index contributed by atoms with van der Waals surface area (Å²) in [5.74, 6) is 0.186. The summed E-state index contributed by atoms with van der Waals surface area (Å²) in [5, 5.41) is 5.35. The molecule has 1 aliphatic rings. The Hall–Kier alpha value is -3.55. The molecule has 2 aromatic rings. The van der Waals surface area contributed by atoms with Crippen molar-refractivity contribution in [1.29, 1.82) is 0 Å². The third-order valence-electron chi connectivity index (χ3n) is 5.75. The molecule has 0 spiro atoms. The Morgan fingerprint density at radius 1 is 0.909 bits per heavy atom. The fourth-order valence-electron chi connectivity index (χ4n) is 4.00. The molecule has 0 heterocycles. The predicted molar refractivity (Wildman–Crippen MR) is 126 cm³/mol. The number of anilines is 1. The fourth-order valence-corrected chi connectivity index (χ4v) is 4.00. The van der Waals surface area contributed by atoms with Crippen LogP contribution < -0.4 is 20.1 Å². The van der Waals surface area contributed by atoms with Crippen LogP contribution in [0.1, 0.15) is 42.5 Å². The van der Waals surface area contributed by atoms with Gasteiger partial charge in [0.1, 0.15) is 18.0 Å². The smallest absolute Gasteiger partial charge is 0.258 e. The van der Waals surface area contributed by atoms with Crippen molar-refractivity contribution in [3.8, 4) is 11.5 Å². The molecule has 8 heteroatoms. The fraction of sp³-hybridized carbons (Fsp3) is 0.400. The highest BCUT2D eigenvalue weighted by Gasteiger charge is 2.29. The van der Waals surface area contributed by atoms with Gasteiger partial charge >= 0.3 is 0 Å². The molecule has 1 fully saturated rings. The van der Waals surface area contributed by atoms with E-state index in [1.807, 2.05) is 0 Å². The van der Waals surface area contributed by atoms with Crippen LogP contribution in [0.5, 0.6) is 11.5 Å². The SMILES string of the molecule is COc1ccc(NC(=O)CNC(=O)CN(C(=O)c2ccccc2OC)C2CCCCC2)cc1. The third kappa shape index (κ3) is 6.71. The first-order valence-corrected chi connectivity index (χ1v) is 11.2. The van der Waals surface area contributed by atoms with Crippen LogP contribution in [-0.4, -0.2) is 56.0 Å². The van der Waals surface area contributed by atoms with E-state index in [-0.39, 0.29) is 36.9 Å². The van der Waals surface area contributed by atoms with Crippen molar-refractivity contribution in [3.63, 3.8) is 0 Å². The highest BCUT2D eigenvalue weighted by Crippen LogP contribution is 2.26. The average molecular weight is 454 g/mol. The summed E-state index contributed by atoms with van der Waals surface area (Å²) < 4.78 is 10.4. The van der Waals surface area contributed by atoms with Gasteiger partial charge in [-0.25, -0.2) is 0 Å². The van der Waals surface area contributed by atoms with Gasteiger partial charge in [-0.05, 0) is 49.2 Å². The van der Waals surface area contributed by atoms with Gasteiger partial charge < -0.3 is 25.0 Å². The van der Waals surface area contributed by atoms with Crippen molar-refractivity contribution in [2.45, 2.75) is 38.1 Å². The summed E-state index contributed by atoms with van der Waals surface area (Å²) in [6, 6.07) is 13.9. The molecule has 8 nitrogen and oxygen atoms in total. The lowest BCUT2D eigenvalue weighted by molar-refractivity contribution is -0.125. The van der Waals surface area contributed by atoms with Gasteiger partial charge in [0.25, 0.3) is 5.91 Å². The van der Waals surface area contributed by atoms with E-state index in [1.54, 1.807) is 60.5 Å². The van der Waals surface area contributed by atoms with Crippen molar-refractivity contribution in [3.05, 3.63) is 54.1 Å². The van der Waals surface area contributed by atoms with Gasteiger partial charge in [-0.2, -0.15) is 0 Å². The van der Waals surface area contributed by atoms with E-state index < -0.39 is 0 Å². The standard InChI is InChI=1S/C25H31N3O5/c1-32-20-14-12-18(13-15-20)27-23(29)16-26-24(30)17-28(19-8-4-3-5-9-19)25(31)21-10-6-7-11-22(21)33-2/h6-7,10-15,19H,3-5,8-9,16-17H2,1-2H3,(H,26,30)(H,27,29). The number of rotatable bonds is 9. The van der Waals surface area contributed by atoms with E-state index in [9.17, 15) is 14.4 Å². The molecule has 3 rings (SSSR count). The van der Waals surface area contributed by atoms with Crippen molar-refractivity contribution in [1.82, 2.24) is 10.2 Å². The second-order valence-electron chi connectivity index (χ2n) is 7.98. The molecule has 3 amide bonds. The number of ether oxygens (including phenoxy) is 2. The van der Waals surface area contributed by atoms with Crippen LogP contribution in [-0.2, 0) is 9.59 Å². The van der Waals surface area contributed by atoms with Crippen molar-refractivity contribution in [2.75, 3.05) is 32.6 Å². The highest BCUT2D eigenvalue weighted by atomic mass is 16.5. The van der Waals surface area contributed by atoms with E-state index in [0.29, 0.717) is 22.7 Å². The lowest BCUT2D eigenvalue weighted by Crippen LogP contribution is -2.48. The first-order chi connectivity index (χ1) is 16.0. The molecular formula is C25H31N3O5. The zero-order valence-corrected chi connectivity index (χ0v) is 19.1. The first-order valence-electron chi connectivity index (χ1n) is 11.2. The largest absolute Gasteiger partial charge is 0.497 e. The molecule has 0 radical (unpaired) electrons. The van der Waals surface area contributed by atoms with Crippen LogP contribution >= 0.6 is 0 Å². The van der Waals surface area contributed by atoms with Gasteiger partial charge in [0.15, 0.2) is 0 Å². The molecule has 2 aromatic carbocycles. The Labute approximate surface area is 194 Å². The summed E-state index contributed by atoms with van der Waals surface area (Å²) in [6.45, 7) is -0.302. The minimum Gasteiger partial charge on any atom is -0.497 e. The van der Waals surface area contributed by atoms with Crippen LogP contribution in [0, 0.1) is 0 Å². The molecule has 0 unspecified atom stereocenters. The molecule has 1 saturated carbocycles. The molecule has 176 valence electrons. The summed E-state index contributed by atoms with van der Waals surface area (Å²) in [4.78, 5) is 39.9. The van der Waals surface area contributed by atoms with Crippen LogP contribution in [0.4, 0.5) is 5.69 Å². The first kappa shape index (κ1) is 24.1. The maximum Gasteiger partial charge on any atom is 0.258 e. The predicted octanol–water partition coefficient (Wildman–Crippen LogP) is 3.23. The molecule has 1 aliphatic carbocycles. The monoisotopic (exact) mass is 453 g/mol. The van der Waals surface area contributed by atoms with E-state index in [0.717, 1.165) is 32.1 Å². The Morgan fingerprint density at radius 2 is 1.61 bits per heavy atom. The lowest BCUT2D eigenvalue weighted by Gasteiger charge is -2.34. The minimum absolute atomic E-state index is 0.0185. The minimum atomic E-state index is -0.381. The number of amides is 3. The topological polar surface area (TPSA) is 97.0 Å². The summed E-state index contributed by atoms with van der Waals surface area (Å²) in [5.41, 5.74) is 1.03. The molecule has 0 atom stereocenters. The Kier molecular flexibility index (Phi) is 8.69. The van der Waals surface area contributed by atoms with Crippen LogP contribution in [0.3, 0.4) is 0 Å². The Bertz CT molecular complexity index is 955. The van der Waals surface area contributed by atoms with E-state index in [2.05, 4.69) is 10.6 Å². The average Bonchev–Trinajstić information content (AvgIpc) is 2.86. The maximum absolute atomic E-state index is 13.4. The quantitative estimate of drug-likeness (QED) is 0.608. The lowest BCUT2D eigenvalue weighted by atomic mass is 9.93. The van der Waals surface area contributed by atoms with Crippen molar-refractivity contribution in [2.24, 2.45) is 0 Å². The molecule has 0 aliphatic heterocycles. The molecule has 33 heavy (non-hydrogen) atoms. The molecule has 0 saturated heterocycles. The van der Waals surface area contributed by atoms with Gasteiger partial charge in [0, 0.05) is 11.7 Å². The number of benzene rings is 2. The van der Waals surface area contributed by atoms with Crippen molar-refractivity contribution >= 4 is 23.4 Å². The third-order valence-corrected chi connectivity index (χ3v) is 5.75. The van der Waals surface area contributed by atoms with Crippen molar-refractivity contribution < 1.29 is 23.9 Å². The zero-order valence-electron chi connectivity index (χ0n) is 19.1. The molecule has 0 bridgehead atoms. The van der Waals surface area contributed by atoms with E-state index in [4.69, 9.17) is 9.47 Å². The zero-order chi connectivity index (χ0) is 23.6. The number of hydrogen-bond acceptors (Lipinski definition) is 5. The van der Waals surface area contributed by atoms with Crippen LogP contribution in [0.15, 0.2) is 48.5 Å². The molecule has 2 N–H and O–H groups in total. The summed E-state index contributed by atoms with van der Waals surface area (Å²) in [7, 11) is 3.09.